The van der Waals surface area contributed by atoms with Crippen molar-refractivity contribution in [2.24, 2.45) is 5.92 Å². The highest BCUT2D eigenvalue weighted by molar-refractivity contribution is 5.92. The molecule has 1 aromatic heterocycles. The first-order chi connectivity index (χ1) is 12.0. The first kappa shape index (κ1) is 17.9. The van der Waals surface area contributed by atoms with E-state index in [1.165, 1.54) is 6.20 Å². The van der Waals surface area contributed by atoms with Crippen LogP contribution in [0, 0.1) is 5.92 Å². The third-order valence-electron chi connectivity index (χ3n) is 5.68. The van der Waals surface area contributed by atoms with Crippen molar-refractivity contribution >= 4 is 11.9 Å². The van der Waals surface area contributed by atoms with Crippen LogP contribution in [0.2, 0.25) is 0 Å². The van der Waals surface area contributed by atoms with E-state index < -0.39 is 12.1 Å². The number of rotatable bonds is 4. The Balaban J connectivity index is 1.64. The van der Waals surface area contributed by atoms with Crippen molar-refractivity contribution in [1.82, 2.24) is 20.0 Å². The first-order valence-electron chi connectivity index (χ1n) is 8.90. The van der Waals surface area contributed by atoms with E-state index in [0.29, 0.717) is 31.6 Å². The number of carboxylic acids is 1. The van der Waals surface area contributed by atoms with Gasteiger partial charge in [0.2, 0.25) is 0 Å². The van der Waals surface area contributed by atoms with Crippen LogP contribution in [-0.2, 0) is 4.79 Å². The fraction of sp³-hybridized carbons (Fsp3) is 0.706. The van der Waals surface area contributed by atoms with E-state index in [2.05, 4.69) is 15.1 Å². The van der Waals surface area contributed by atoms with Crippen molar-refractivity contribution in [3.63, 3.8) is 0 Å². The number of likely N-dealkylation sites (tertiary alicyclic amines) is 1. The second-order valence-corrected chi connectivity index (χ2v) is 7.09. The van der Waals surface area contributed by atoms with Crippen LogP contribution in [-0.4, -0.2) is 80.4 Å². The van der Waals surface area contributed by atoms with Gasteiger partial charge in [-0.1, -0.05) is 0 Å². The van der Waals surface area contributed by atoms with Gasteiger partial charge in [0.1, 0.15) is 5.69 Å². The monoisotopic (exact) mass is 350 g/mol. The second kappa shape index (κ2) is 7.53. The number of carboxylic acid groups (broad SMARTS) is 1. The third kappa shape index (κ3) is 3.69. The predicted molar refractivity (Wildman–Crippen MR) is 90.0 cm³/mol. The van der Waals surface area contributed by atoms with Crippen LogP contribution < -0.4 is 0 Å². The average Bonchev–Trinajstić information content (AvgIpc) is 3.15. The Labute approximate surface area is 146 Å². The van der Waals surface area contributed by atoms with E-state index in [0.717, 1.165) is 19.3 Å². The topological polar surface area (TPSA) is 110 Å². The number of aromatic amines is 1. The summed E-state index contributed by atoms with van der Waals surface area (Å²) < 4.78 is 0. The fourth-order valence-electron chi connectivity index (χ4n) is 4.15. The molecule has 0 aromatic carbocycles. The summed E-state index contributed by atoms with van der Waals surface area (Å²) in [6.07, 6.45) is 4.71. The van der Waals surface area contributed by atoms with Crippen LogP contribution in [0.1, 0.15) is 42.6 Å². The normalized spacial score (nSPS) is 28.6. The quantitative estimate of drug-likeness (QED) is 0.732. The van der Waals surface area contributed by atoms with E-state index >= 15 is 0 Å². The number of carbonyl (C=O) groups excluding carboxylic acids is 1. The number of carbonyl (C=O) groups is 2. The summed E-state index contributed by atoms with van der Waals surface area (Å²) in [6.45, 7) is 1.37. The molecule has 8 nitrogen and oxygen atoms in total. The standard InChI is InChI=1S/C17H26N4O4/c1-20(16(23)12-5-8-18-19-12)13-3-2-4-14(15(13)22)21-9-6-11(7-10-21)17(24)25/h5,8,11,13-15,22H,2-4,6-7,9-10H2,1H3,(H,18,19)(H,24,25)/t13-,14+,15+/m1/s1. The molecule has 1 aromatic rings. The maximum Gasteiger partial charge on any atom is 0.306 e. The van der Waals surface area contributed by atoms with E-state index in [4.69, 9.17) is 5.11 Å². The van der Waals surface area contributed by atoms with Crippen molar-refractivity contribution in [3.05, 3.63) is 18.0 Å². The Morgan fingerprint density at radius 1 is 1.28 bits per heavy atom. The Morgan fingerprint density at radius 3 is 2.60 bits per heavy atom. The largest absolute Gasteiger partial charge is 0.481 e. The highest BCUT2D eigenvalue weighted by Crippen LogP contribution is 2.30. The summed E-state index contributed by atoms with van der Waals surface area (Å²) in [5.74, 6) is -1.18. The lowest BCUT2D eigenvalue weighted by Gasteiger charge is -2.46. The molecule has 1 aliphatic carbocycles. The Hall–Kier alpha value is -1.93. The molecule has 2 heterocycles. The van der Waals surface area contributed by atoms with Gasteiger partial charge in [-0.2, -0.15) is 5.10 Å². The molecule has 2 aliphatic rings. The minimum atomic E-state index is -0.730. The minimum absolute atomic E-state index is 0.0227. The van der Waals surface area contributed by atoms with Gasteiger partial charge in [-0.05, 0) is 51.3 Å². The summed E-state index contributed by atoms with van der Waals surface area (Å²) in [5.41, 5.74) is 0.416. The maximum atomic E-state index is 12.5. The van der Waals surface area contributed by atoms with Crippen LogP contribution in [0.4, 0.5) is 0 Å². The molecule has 1 saturated heterocycles. The van der Waals surface area contributed by atoms with Crippen LogP contribution in [0.5, 0.6) is 0 Å². The molecule has 0 spiro atoms. The molecule has 0 bridgehead atoms. The van der Waals surface area contributed by atoms with Crippen molar-refractivity contribution in [1.29, 1.82) is 0 Å². The van der Waals surface area contributed by atoms with Crippen molar-refractivity contribution in [3.8, 4) is 0 Å². The highest BCUT2D eigenvalue weighted by atomic mass is 16.4. The van der Waals surface area contributed by atoms with Crippen molar-refractivity contribution in [2.75, 3.05) is 20.1 Å². The molecule has 0 unspecified atom stereocenters. The zero-order valence-corrected chi connectivity index (χ0v) is 14.5. The van der Waals surface area contributed by atoms with Gasteiger partial charge in [0, 0.05) is 19.3 Å². The van der Waals surface area contributed by atoms with E-state index in [-0.39, 0.29) is 23.9 Å². The van der Waals surface area contributed by atoms with Crippen LogP contribution >= 0.6 is 0 Å². The fourth-order valence-corrected chi connectivity index (χ4v) is 4.15. The number of hydrogen-bond acceptors (Lipinski definition) is 5. The molecule has 138 valence electrons. The molecule has 3 rings (SSSR count). The maximum absolute atomic E-state index is 12.5. The Morgan fingerprint density at radius 2 is 2.00 bits per heavy atom. The second-order valence-electron chi connectivity index (χ2n) is 7.09. The van der Waals surface area contributed by atoms with Gasteiger partial charge in [0.05, 0.1) is 18.1 Å². The number of amides is 1. The summed E-state index contributed by atoms with van der Waals surface area (Å²) >= 11 is 0. The SMILES string of the molecule is CN(C(=O)c1ccn[nH]1)[C@@H]1CCC[C@H](N2CCC(C(=O)O)CC2)[C@H]1O. The molecular formula is C17H26N4O4. The number of H-pyrrole nitrogens is 1. The minimum Gasteiger partial charge on any atom is -0.481 e. The van der Waals surface area contributed by atoms with Gasteiger partial charge < -0.3 is 15.1 Å². The summed E-state index contributed by atoms with van der Waals surface area (Å²) in [4.78, 5) is 27.4. The van der Waals surface area contributed by atoms with Gasteiger partial charge in [-0.3, -0.25) is 19.6 Å². The molecule has 8 heteroatoms. The lowest BCUT2D eigenvalue weighted by molar-refractivity contribution is -0.144. The molecule has 3 atom stereocenters. The van der Waals surface area contributed by atoms with Gasteiger partial charge in [-0.15, -0.1) is 0 Å². The Bertz CT molecular complexity index is 598. The molecule has 1 saturated carbocycles. The zero-order chi connectivity index (χ0) is 18.0. The predicted octanol–water partition coefficient (Wildman–Crippen LogP) is 0.560. The number of piperidine rings is 1. The Kier molecular flexibility index (Phi) is 5.39. The van der Waals surface area contributed by atoms with E-state index in [9.17, 15) is 14.7 Å². The van der Waals surface area contributed by atoms with Crippen molar-refractivity contribution < 1.29 is 19.8 Å². The van der Waals surface area contributed by atoms with Gasteiger partial charge >= 0.3 is 5.97 Å². The molecule has 0 radical (unpaired) electrons. The van der Waals surface area contributed by atoms with Crippen molar-refractivity contribution in [2.45, 2.75) is 50.3 Å². The zero-order valence-electron chi connectivity index (χ0n) is 14.5. The lowest BCUT2D eigenvalue weighted by atomic mass is 9.84. The smallest absolute Gasteiger partial charge is 0.306 e. The number of nitrogens with zero attached hydrogens (tertiary/aromatic N) is 3. The van der Waals surface area contributed by atoms with Gasteiger partial charge in [-0.25, -0.2) is 0 Å². The lowest BCUT2D eigenvalue weighted by Crippen LogP contribution is -2.58. The number of likely N-dealkylation sites (N-methyl/N-ethyl adjacent to an activating group) is 1. The third-order valence-corrected chi connectivity index (χ3v) is 5.68. The summed E-state index contributed by atoms with van der Waals surface area (Å²) in [5, 5.41) is 26.5. The number of nitrogens with one attached hydrogen (secondary N) is 1. The summed E-state index contributed by atoms with van der Waals surface area (Å²) in [7, 11) is 1.72. The van der Waals surface area contributed by atoms with Gasteiger partial charge in [0.25, 0.3) is 5.91 Å². The number of aromatic nitrogens is 2. The molecule has 2 fully saturated rings. The number of hydrogen-bond donors (Lipinski definition) is 3. The van der Waals surface area contributed by atoms with E-state index in [1.807, 2.05) is 0 Å². The first-order valence-corrected chi connectivity index (χ1v) is 8.90. The van der Waals surface area contributed by atoms with Crippen LogP contribution in [0.3, 0.4) is 0 Å². The number of aliphatic hydroxyl groups excluding tert-OH is 1. The van der Waals surface area contributed by atoms with Gasteiger partial charge in [0.15, 0.2) is 0 Å². The summed E-state index contributed by atoms with van der Waals surface area (Å²) in [6, 6.07) is 1.36. The molecule has 1 amide bonds. The molecule has 25 heavy (non-hydrogen) atoms. The van der Waals surface area contributed by atoms with Crippen LogP contribution in [0.25, 0.3) is 0 Å². The molecule has 3 N–H and O–H groups in total. The van der Waals surface area contributed by atoms with E-state index in [1.54, 1.807) is 18.0 Å². The molecular weight excluding hydrogens is 324 g/mol. The highest BCUT2D eigenvalue weighted by Gasteiger charge is 2.40. The number of aliphatic hydroxyl groups is 1. The number of aliphatic carboxylic acids is 1. The average molecular weight is 350 g/mol. The molecule has 1 aliphatic heterocycles. The van der Waals surface area contributed by atoms with Crippen LogP contribution in [0.15, 0.2) is 12.3 Å².